The first kappa shape index (κ1) is 15.0. The van der Waals surface area contributed by atoms with Crippen molar-refractivity contribution in [3.63, 3.8) is 0 Å². The molecule has 1 atom stereocenters. The number of rotatable bonds is 5. The van der Waals surface area contributed by atoms with E-state index in [1.807, 2.05) is 6.92 Å². The molecule has 0 spiro atoms. The Bertz CT molecular complexity index is 507. The summed E-state index contributed by atoms with van der Waals surface area (Å²) in [6, 6.07) is -0.834. The SMILES string of the molecule is CCC(NC(=O)c1sc(C2CCCC2)nc1C)C(=O)O. The Labute approximate surface area is 122 Å². The molecule has 0 bridgehead atoms. The van der Waals surface area contributed by atoms with Crippen LogP contribution in [0.4, 0.5) is 0 Å². The third kappa shape index (κ3) is 3.17. The van der Waals surface area contributed by atoms with Crippen molar-refractivity contribution in [1.82, 2.24) is 10.3 Å². The second-order valence-corrected chi connectivity index (χ2v) is 6.25. The molecule has 0 radical (unpaired) electrons. The number of carbonyl (C=O) groups excluding carboxylic acids is 1. The summed E-state index contributed by atoms with van der Waals surface area (Å²) in [5.41, 5.74) is 0.703. The number of aliphatic carboxylic acids is 1. The van der Waals surface area contributed by atoms with E-state index in [2.05, 4.69) is 10.3 Å². The van der Waals surface area contributed by atoms with Crippen LogP contribution in [0.25, 0.3) is 0 Å². The summed E-state index contributed by atoms with van der Waals surface area (Å²) in [5.74, 6) is -0.848. The molecule has 1 unspecified atom stereocenters. The summed E-state index contributed by atoms with van der Waals surface area (Å²) in [6.45, 7) is 3.55. The van der Waals surface area contributed by atoms with Gasteiger partial charge in [0.15, 0.2) is 0 Å². The standard InChI is InChI=1S/C14H20N2O3S/c1-3-10(14(18)19)16-12(17)11-8(2)15-13(20-11)9-6-4-5-7-9/h9-10H,3-7H2,1-2H3,(H,16,17)(H,18,19). The van der Waals surface area contributed by atoms with Gasteiger partial charge < -0.3 is 10.4 Å². The minimum Gasteiger partial charge on any atom is -0.480 e. The van der Waals surface area contributed by atoms with Gasteiger partial charge >= 0.3 is 5.97 Å². The van der Waals surface area contributed by atoms with Crippen molar-refractivity contribution < 1.29 is 14.7 Å². The number of aryl methyl sites for hydroxylation is 1. The molecule has 1 aliphatic carbocycles. The van der Waals surface area contributed by atoms with Crippen molar-refractivity contribution in [1.29, 1.82) is 0 Å². The largest absolute Gasteiger partial charge is 0.480 e. The highest BCUT2D eigenvalue weighted by Gasteiger charge is 2.25. The average Bonchev–Trinajstić information content (AvgIpc) is 3.03. The van der Waals surface area contributed by atoms with Crippen LogP contribution in [0.3, 0.4) is 0 Å². The number of carboxylic acid groups (broad SMARTS) is 1. The summed E-state index contributed by atoms with van der Waals surface area (Å²) in [6.07, 6.45) is 5.10. The maximum atomic E-state index is 12.2. The van der Waals surface area contributed by atoms with Crippen molar-refractivity contribution in [2.75, 3.05) is 0 Å². The molecule has 1 fully saturated rings. The minimum absolute atomic E-state index is 0.321. The van der Waals surface area contributed by atoms with Gasteiger partial charge in [-0.3, -0.25) is 4.79 Å². The zero-order valence-corrected chi connectivity index (χ0v) is 12.6. The van der Waals surface area contributed by atoms with Gasteiger partial charge in [-0.15, -0.1) is 11.3 Å². The zero-order chi connectivity index (χ0) is 14.7. The van der Waals surface area contributed by atoms with Gasteiger partial charge in [-0.1, -0.05) is 19.8 Å². The van der Waals surface area contributed by atoms with Crippen molar-refractivity contribution in [2.45, 2.75) is 57.9 Å². The monoisotopic (exact) mass is 296 g/mol. The van der Waals surface area contributed by atoms with Gasteiger partial charge in [0, 0.05) is 5.92 Å². The summed E-state index contributed by atoms with van der Waals surface area (Å²) >= 11 is 1.41. The molecule has 6 heteroatoms. The average molecular weight is 296 g/mol. The Kier molecular flexibility index (Phi) is 4.75. The van der Waals surface area contributed by atoms with Crippen molar-refractivity contribution in [3.8, 4) is 0 Å². The Morgan fingerprint density at radius 3 is 2.65 bits per heavy atom. The first-order valence-electron chi connectivity index (χ1n) is 7.04. The van der Waals surface area contributed by atoms with Gasteiger partial charge in [-0.25, -0.2) is 9.78 Å². The molecule has 1 heterocycles. The number of nitrogens with zero attached hydrogens (tertiary/aromatic N) is 1. The molecule has 2 rings (SSSR count). The number of amides is 1. The maximum Gasteiger partial charge on any atom is 0.326 e. The highest BCUT2D eigenvalue weighted by atomic mass is 32.1. The van der Waals surface area contributed by atoms with Crippen LogP contribution in [0, 0.1) is 6.92 Å². The normalized spacial score (nSPS) is 17.1. The predicted octanol–water partition coefficient (Wildman–Crippen LogP) is 2.70. The van der Waals surface area contributed by atoms with E-state index in [1.165, 1.54) is 24.2 Å². The Balaban J connectivity index is 2.11. The molecule has 0 saturated heterocycles. The molecule has 1 aliphatic rings. The van der Waals surface area contributed by atoms with Gasteiger partial charge in [0.1, 0.15) is 10.9 Å². The number of carbonyl (C=O) groups is 2. The third-order valence-electron chi connectivity index (χ3n) is 3.74. The fourth-order valence-electron chi connectivity index (χ4n) is 2.54. The fraction of sp³-hybridized carbons (Fsp3) is 0.643. The lowest BCUT2D eigenvalue weighted by molar-refractivity contribution is -0.139. The van der Waals surface area contributed by atoms with Crippen molar-refractivity contribution in [2.24, 2.45) is 0 Å². The molecule has 110 valence electrons. The van der Waals surface area contributed by atoms with E-state index in [1.54, 1.807) is 6.92 Å². The van der Waals surface area contributed by atoms with Crippen LogP contribution in [0.1, 0.15) is 65.3 Å². The van der Waals surface area contributed by atoms with E-state index in [-0.39, 0.29) is 5.91 Å². The smallest absolute Gasteiger partial charge is 0.326 e. The summed E-state index contributed by atoms with van der Waals surface area (Å²) in [7, 11) is 0. The first-order valence-corrected chi connectivity index (χ1v) is 7.85. The molecule has 1 aromatic heterocycles. The molecule has 1 aromatic rings. The van der Waals surface area contributed by atoms with E-state index >= 15 is 0 Å². The number of nitrogens with one attached hydrogen (secondary N) is 1. The van der Waals surface area contributed by atoms with Gasteiger partial charge in [0.25, 0.3) is 5.91 Å². The molecule has 0 aliphatic heterocycles. The van der Waals surface area contributed by atoms with Crippen LogP contribution in [-0.4, -0.2) is 28.0 Å². The highest BCUT2D eigenvalue weighted by Crippen LogP contribution is 2.37. The predicted molar refractivity (Wildman–Crippen MR) is 77.2 cm³/mol. The van der Waals surface area contributed by atoms with E-state index in [0.29, 0.717) is 22.9 Å². The van der Waals surface area contributed by atoms with Gasteiger partial charge in [0.05, 0.1) is 10.7 Å². The van der Waals surface area contributed by atoms with Crippen LogP contribution in [0.2, 0.25) is 0 Å². The first-order chi connectivity index (χ1) is 9.52. The van der Waals surface area contributed by atoms with E-state index < -0.39 is 12.0 Å². The Morgan fingerprint density at radius 2 is 2.10 bits per heavy atom. The molecule has 20 heavy (non-hydrogen) atoms. The minimum atomic E-state index is -1.00. The topological polar surface area (TPSA) is 79.3 Å². The van der Waals surface area contributed by atoms with Crippen molar-refractivity contribution >= 4 is 23.2 Å². The number of carboxylic acids is 1. The fourth-order valence-corrected chi connectivity index (χ4v) is 3.68. The van der Waals surface area contributed by atoms with Gasteiger partial charge in [0.2, 0.25) is 0 Å². The van der Waals surface area contributed by atoms with Crippen LogP contribution in [-0.2, 0) is 4.79 Å². The number of hydrogen-bond donors (Lipinski definition) is 2. The molecule has 2 N–H and O–H groups in total. The molecular weight excluding hydrogens is 276 g/mol. The number of hydrogen-bond acceptors (Lipinski definition) is 4. The summed E-state index contributed by atoms with van der Waals surface area (Å²) in [5, 5.41) is 12.6. The Hall–Kier alpha value is -1.43. The molecule has 5 nitrogen and oxygen atoms in total. The summed E-state index contributed by atoms with van der Waals surface area (Å²) < 4.78 is 0. The number of thiazole rings is 1. The second kappa shape index (κ2) is 6.35. The van der Waals surface area contributed by atoms with Crippen LogP contribution >= 0.6 is 11.3 Å². The molecule has 1 saturated carbocycles. The van der Waals surface area contributed by atoms with Crippen LogP contribution < -0.4 is 5.32 Å². The number of aromatic nitrogens is 1. The highest BCUT2D eigenvalue weighted by molar-refractivity contribution is 7.13. The van der Waals surface area contributed by atoms with E-state index in [0.717, 1.165) is 17.8 Å². The van der Waals surface area contributed by atoms with Crippen LogP contribution in [0.15, 0.2) is 0 Å². The van der Waals surface area contributed by atoms with E-state index in [4.69, 9.17) is 5.11 Å². The maximum absolute atomic E-state index is 12.2. The lowest BCUT2D eigenvalue weighted by Crippen LogP contribution is -2.40. The molecule has 1 amide bonds. The lowest BCUT2D eigenvalue weighted by atomic mass is 10.1. The van der Waals surface area contributed by atoms with Gasteiger partial charge in [-0.2, -0.15) is 0 Å². The van der Waals surface area contributed by atoms with Gasteiger partial charge in [-0.05, 0) is 26.2 Å². The quantitative estimate of drug-likeness (QED) is 0.875. The molecule has 0 aromatic carbocycles. The Morgan fingerprint density at radius 1 is 1.45 bits per heavy atom. The third-order valence-corrected chi connectivity index (χ3v) is 5.05. The lowest BCUT2D eigenvalue weighted by Gasteiger charge is -2.11. The molecular formula is C14H20N2O3S. The zero-order valence-electron chi connectivity index (χ0n) is 11.8. The van der Waals surface area contributed by atoms with E-state index in [9.17, 15) is 9.59 Å². The summed E-state index contributed by atoms with van der Waals surface area (Å²) in [4.78, 5) is 28.2. The van der Waals surface area contributed by atoms with Crippen molar-refractivity contribution in [3.05, 3.63) is 15.6 Å². The second-order valence-electron chi connectivity index (χ2n) is 5.22. The van der Waals surface area contributed by atoms with Crippen LogP contribution in [0.5, 0.6) is 0 Å².